The van der Waals surface area contributed by atoms with Gasteiger partial charge in [0, 0.05) is 11.8 Å². The molecule has 0 bridgehead atoms. The van der Waals surface area contributed by atoms with E-state index >= 15 is 0 Å². The fraction of sp³-hybridized carbons (Fsp3) is 0.500. The standard InChI is InChI=1S/C10H13NOS/c1-7(12)11-9-3-2-4-10-8(9)5-6-13-10/h5-6,9H,2-4H2,1H3,(H,11,12). The first-order valence-corrected chi connectivity index (χ1v) is 5.48. The van der Waals surface area contributed by atoms with Crippen LogP contribution in [0.4, 0.5) is 0 Å². The second-order valence-electron chi connectivity index (χ2n) is 3.44. The summed E-state index contributed by atoms with van der Waals surface area (Å²) in [6.07, 6.45) is 3.46. The number of aryl methyl sites for hydroxylation is 1. The van der Waals surface area contributed by atoms with E-state index in [1.165, 1.54) is 23.3 Å². The number of rotatable bonds is 1. The largest absolute Gasteiger partial charge is 0.350 e. The molecule has 0 aromatic carbocycles. The molecule has 13 heavy (non-hydrogen) atoms. The number of amides is 1. The van der Waals surface area contributed by atoms with Gasteiger partial charge < -0.3 is 5.32 Å². The van der Waals surface area contributed by atoms with E-state index in [2.05, 4.69) is 16.8 Å². The van der Waals surface area contributed by atoms with Crippen molar-refractivity contribution in [2.75, 3.05) is 0 Å². The predicted octanol–water partition coefficient (Wildman–Crippen LogP) is 2.26. The summed E-state index contributed by atoms with van der Waals surface area (Å²) in [4.78, 5) is 12.4. The van der Waals surface area contributed by atoms with Gasteiger partial charge in [0.05, 0.1) is 6.04 Å². The highest BCUT2D eigenvalue weighted by Crippen LogP contribution is 2.32. The second kappa shape index (κ2) is 3.50. The first kappa shape index (κ1) is 8.75. The van der Waals surface area contributed by atoms with Crippen molar-refractivity contribution in [3.63, 3.8) is 0 Å². The maximum absolute atomic E-state index is 10.9. The third kappa shape index (κ3) is 1.75. The Hall–Kier alpha value is -0.830. The van der Waals surface area contributed by atoms with Crippen LogP contribution >= 0.6 is 11.3 Å². The van der Waals surface area contributed by atoms with Crippen LogP contribution in [0.15, 0.2) is 11.4 Å². The Kier molecular flexibility index (Phi) is 2.36. The minimum atomic E-state index is 0.0732. The maximum atomic E-state index is 10.9. The summed E-state index contributed by atoms with van der Waals surface area (Å²) in [5.41, 5.74) is 1.34. The van der Waals surface area contributed by atoms with Crippen molar-refractivity contribution in [1.82, 2.24) is 5.32 Å². The Morgan fingerprint density at radius 2 is 2.54 bits per heavy atom. The molecule has 1 aromatic heterocycles. The number of hydrogen-bond acceptors (Lipinski definition) is 2. The third-order valence-corrected chi connectivity index (χ3v) is 3.43. The highest BCUT2D eigenvalue weighted by molar-refractivity contribution is 7.10. The summed E-state index contributed by atoms with van der Waals surface area (Å²) in [6, 6.07) is 2.41. The van der Waals surface area contributed by atoms with Crippen LogP contribution in [-0.4, -0.2) is 5.91 Å². The zero-order valence-corrected chi connectivity index (χ0v) is 8.49. The van der Waals surface area contributed by atoms with Crippen molar-refractivity contribution < 1.29 is 4.79 Å². The average molecular weight is 195 g/mol. The van der Waals surface area contributed by atoms with Crippen LogP contribution < -0.4 is 5.32 Å². The molecule has 70 valence electrons. The van der Waals surface area contributed by atoms with Gasteiger partial charge in [-0.1, -0.05) is 0 Å². The van der Waals surface area contributed by atoms with E-state index in [9.17, 15) is 4.79 Å². The molecule has 0 spiro atoms. The van der Waals surface area contributed by atoms with Crippen LogP contribution in [0.5, 0.6) is 0 Å². The molecular formula is C10H13NOS. The number of nitrogens with one attached hydrogen (secondary N) is 1. The summed E-state index contributed by atoms with van der Waals surface area (Å²) in [6.45, 7) is 1.58. The topological polar surface area (TPSA) is 29.1 Å². The van der Waals surface area contributed by atoms with Crippen molar-refractivity contribution in [2.24, 2.45) is 0 Å². The highest BCUT2D eigenvalue weighted by Gasteiger charge is 2.21. The van der Waals surface area contributed by atoms with Crippen molar-refractivity contribution in [3.8, 4) is 0 Å². The Morgan fingerprint density at radius 1 is 1.69 bits per heavy atom. The smallest absolute Gasteiger partial charge is 0.217 e. The number of thiophene rings is 1. The van der Waals surface area contributed by atoms with E-state index in [1.807, 2.05) is 0 Å². The van der Waals surface area contributed by atoms with Crippen LogP contribution in [0.2, 0.25) is 0 Å². The molecule has 2 nitrogen and oxygen atoms in total. The van der Waals surface area contributed by atoms with E-state index in [4.69, 9.17) is 0 Å². The summed E-state index contributed by atoms with van der Waals surface area (Å²) in [5, 5.41) is 5.11. The predicted molar refractivity (Wildman–Crippen MR) is 53.8 cm³/mol. The molecule has 3 heteroatoms. The van der Waals surface area contributed by atoms with Gasteiger partial charge >= 0.3 is 0 Å². The normalized spacial score (nSPS) is 20.8. The maximum Gasteiger partial charge on any atom is 0.217 e. The minimum Gasteiger partial charge on any atom is -0.350 e. The fourth-order valence-corrected chi connectivity index (χ4v) is 2.87. The number of hydrogen-bond donors (Lipinski definition) is 1. The molecule has 1 N–H and O–H groups in total. The molecular weight excluding hydrogens is 182 g/mol. The van der Waals surface area contributed by atoms with E-state index in [0.29, 0.717) is 0 Å². The Bertz CT molecular complexity index is 318. The van der Waals surface area contributed by atoms with Gasteiger partial charge in [-0.3, -0.25) is 4.79 Å². The molecule has 0 radical (unpaired) electrons. The Balaban J connectivity index is 2.20. The summed E-state index contributed by atoms with van der Waals surface area (Å²) < 4.78 is 0. The number of fused-ring (bicyclic) bond motifs is 1. The van der Waals surface area contributed by atoms with Crippen LogP contribution in [0, 0.1) is 0 Å². The van der Waals surface area contributed by atoms with Crippen LogP contribution in [0.25, 0.3) is 0 Å². The molecule has 1 heterocycles. The molecule has 0 saturated heterocycles. The van der Waals surface area contributed by atoms with Gasteiger partial charge in [-0.2, -0.15) is 0 Å². The van der Waals surface area contributed by atoms with Crippen molar-refractivity contribution in [2.45, 2.75) is 32.2 Å². The van der Waals surface area contributed by atoms with Crippen molar-refractivity contribution in [3.05, 3.63) is 21.9 Å². The van der Waals surface area contributed by atoms with Gasteiger partial charge in [-0.25, -0.2) is 0 Å². The first-order valence-electron chi connectivity index (χ1n) is 4.61. The fourth-order valence-electron chi connectivity index (χ4n) is 1.88. The SMILES string of the molecule is CC(=O)NC1CCCc2sccc21. The summed E-state index contributed by atoms with van der Waals surface area (Å²) >= 11 is 1.80. The highest BCUT2D eigenvalue weighted by atomic mass is 32.1. The lowest BCUT2D eigenvalue weighted by molar-refractivity contribution is -0.119. The van der Waals surface area contributed by atoms with Gasteiger partial charge in [-0.15, -0.1) is 11.3 Å². The van der Waals surface area contributed by atoms with Gasteiger partial charge in [0.2, 0.25) is 5.91 Å². The van der Waals surface area contributed by atoms with Crippen LogP contribution in [-0.2, 0) is 11.2 Å². The average Bonchev–Trinajstić information content (AvgIpc) is 2.51. The molecule has 0 aliphatic heterocycles. The monoisotopic (exact) mass is 195 g/mol. The Morgan fingerprint density at radius 3 is 3.31 bits per heavy atom. The van der Waals surface area contributed by atoms with E-state index in [1.54, 1.807) is 18.3 Å². The molecule has 0 saturated carbocycles. The number of carbonyl (C=O) groups excluding carboxylic acids is 1. The molecule has 1 aliphatic carbocycles. The number of carbonyl (C=O) groups is 1. The zero-order chi connectivity index (χ0) is 9.26. The Labute approximate surface area is 82.0 Å². The van der Waals surface area contributed by atoms with Gasteiger partial charge in [0.1, 0.15) is 0 Å². The van der Waals surface area contributed by atoms with Crippen molar-refractivity contribution in [1.29, 1.82) is 0 Å². The summed E-state index contributed by atoms with van der Waals surface area (Å²) in [7, 11) is 0. The molecule has 1 aromatic rings. The van der Waals surface area contributed by atoms with Crippen molar-refractivity contribution >= 4 is 17.2 Å². The van der Waals surface area contributed by atoms with Gasteiger partial charge in [-0.05, 0) is 36.3 Å². The quantitative estimate of drug-likeness (QED) is 0.731. The molecule has 1 amide bonds. The van der Waals surface area contributed by atoms with Crippen LogP contribution in [0.3, 0.4) is 0 Å². The zero-order valence-electron chi connectivity index (χ0n) is 7.67. The molecule has 2 rings (SSSR count). The second-order valence-corrected chi connectivity index (χ2v) is 4.45. The van der Waals surface area contributed by atoms with E-state index in [-0.39, 0.29) is 11.9 Å². The lowest BCUT2D eigenvalue weighted by Crippen LogP contribution is -2.28. The lowest BCUT2D eigenvalue weighted by atomic mass is 9.94. The lowest BCUT2D eigenvalue weighted by Gasteiger charge is -2.22. The summed E-state index contributed by atoms with van der Waals surface area (Å²) in [5.74, 6) is 0.0732. The molecule has 1 atom stereocenters. The minimum absolute atomic E-state index is 0.0732. The van der Waals surface area contributed by atoms with Gasteiger partial charge in [0.15, 0.2) is 0 Å². The van der Waals surface area contributed by atoms with E-state index in [0.717, 1.165) is 6.42 Å². The van der Waals surface area contributed by atoms with E-state index < -0.39 is 0 Å². The molecule has 0 fully saturated rings. The van der Waals surface area contributed by atoms with Crippen LogP contribution in [0.1, 0.15) is 36.2 Å². The third-order valence-electron chi connectivity index (χ3n) is 2.43. The molecule has 1 unspecified atom stereocenters. The first-order chi connectivity index (χ1) is 6.27. The molecule has 1 aliphatic rings. The van der Waals surface area contributed by atoms with Gasteiger partial charge in [0.25, 0.3) is 0 Å².